The Morgan fingerprint density at radius 1 is 1.22 bits per heavy atom. The minimum atomic E-state index is -5.08. The molecule has 10 heteroatoms. The van der Waals surface area contributed by atoms with Gasteiger partial charge in [0.2, 0.25) is 0 Å². The van der Waals surface area contributed by atoms with Crippen LogP contribution in [0.3, 0.4) is 0 Å². The second kappa shape index (κ2) is 9.48. The van der Waals surface area contributed by atoms with E-state index in [-0.39, 0.29) is 0 Å². The number of halogens is 3. The van der Waals surface area contributed by atoms with Crippen LogP contribution < -0.4 is 4.90 Å². The highest BCUT2D eigenvalue weighted by Gasteiger charge is 2.42. The number of carboxylic acid groups (broad SMARTS) is 1. The van der Waals surface area contributed by atoms with Crippen molar-refractivity contribution in [2.45, 2.75) is 52.8 Å². The van der Waals surface area contributed by atoms with E-state index in [4.69, 9.17) is 14.4 Å². The number of likely N-dealkylation sites (tertiary alicyclic amines) is 1. The third-order valence-electron chi connectivity index (χ3n) is 6.27. The van der Waals surface area contributed by atoms with Crippen LogP contribution in [0.4, 0.5) is 19.0 Å². The number of pyridine rings is 1. The van der Waals surface area contributed by atoms with Gasteiger partial charge in [-0.05, 0) is 58.2 Å². The Kier molecular flexibility index (Phi) is 7.12. The molecule has 32 heavy (non-hydrogen) atoms. The maximum absolute atomic E-state index is 10.6. The number of piperidine rings is 1. The Labute approximate surface area is 185 Å². The number of aromatic nitrogens is 2. The Bertz CT molecular complexity index is 927. The zero-order chi connectivity index (χ0) is 23.5. The van der Waals surface area contributed by atoms with Gasteiger partial charge in [-0.15, -0.1) is 0 Å². The number of aryl methyl sites for hydroxylation is 3. The van der Waals surface area contributed by atoms with Gasteiger partial charge in [-0.1, -0.05) is 11.2 Å². The third-order valence-corrected chi connectivity index (χ3v) is 6.27. The number of alkyl halides is 3. The normalized spacial score (nSPS) is 21.5. The molecule has 2 fully saturated rings. The molecule has 176 valence electrons. The highest BCUT2D eigenvalue weighted by Crippen LogP contribution is 2.41. The number of carboxylic acids is 1. The molecule has 4 rings (SSSR count). The van der Waals surface area contributed by atoms with Crippen LogP contribution in [0.5, 0.6) is 0 Å². The molecule has 0 bridgehead atoms. The predicted octanol–water partition coefficient (Wildman–Crippen LogP) is 4.12. The summed E-state index contributed by atoms with van der Waals surface area (Å²) < 4.78 is 37.1. The average Bonchev–Trinajstić information content (AvgIpc) is 3.26. The molecule has 2 aromatic heterocycles. The monoisotopic (exact) mass is 454 g/mol. The lowest BCUT2D eigenvalue weighted by Gasteiger charge is -2.40. The molecule has 1 spiro atoms. The van der Waals surface area contributed by atoms with Crippen molar-refractivity contribution in [1.82, 2.24) is 15.0 Å². The van der Waals surface area contributed by atoms with Crippen LogP contribution >= 0.6 is 0 Å². The number of rotatable bonds is 3. The Hall–Kier alpha value is -2.62. The lowest BCUT2D eigenvalue weighted by Crippen LogP contribution is -2.44. The summed E-state index contributed by atoms with van der Waals surface area (Å²) in [7, 11) is 0. The molecule has 0 saturated carbocycles. The van der Waals surface area contributed by atoms with Crippen molar-refractivity contribution in [3.8, 4) is 0 Å². The standard InChI is InChI=1S/C20H28N4O.C2HF3O2/c1-15-6-4-9-21-19(15)24-11-8-20(14-24)7-5-10-23(13-20)12-18-16(2)22-25-17(18)3;3-2(4,5)1(6)7/h4,6,9H,5,7-8,10-14H2,1-3H3;(H,6,7). The van der Waals surface area contributed by atoms with Gasteiger partial charge in [-0.2, -0.15) is 13.2 Å². The fraction of sp³-hybridized carbons (Fsp3) is 0.591. The molecule has 2 aromatic rings. The maximum atomic E-state index is 10.6. The summed E-state index contributed by atoms with van der Waals surface area (Å²) in [5.74, 6) is -0.621. The molecular weight excluding hydrogens is 425 g/mol. The fourth-order valence-electron chi connectivity index (χ4n) is 4.65. The van der Waals surface area contributed by atoms with Gasteiger partial charge < -0.3 is 14.5 Å². The van der Waals surface area contributed by atoms with Crippen LogP contribution in [0, 0.1) is 26.2 Å². The van der Waals surface area contributed by atoms with Crippen LogP contribution in [-0.4, -0.2) is 58.5 Å². The van der Waals surface area contributed by atoms with Gasteiger partial charge in [0.1, 0.15) is 11.6 Å². The summed E-state index contributed by atoms with van der Waals surface area (Å²) in [6.45, 7) is 11.8. The van der Waals surface area contributed by atoms with Gasteiger partial charge in [-0.3, -0.25) is 4.90 Å². The van der Waals surface area contributed by atoms with Crippen molar-refractivity contribution < 1.29 is 27.6 Å². The summed E-state index contributed by atoms with van der Waals surface area (Å²) in [6.07, 6.45) is 0.699. The lowest BCUT2D eigenvalue weighted by molar-refractivity contribution is -0.192. The van der Waals surface area contributed by atoms with Gasteiger partial charge in [-0.25, -0.2) is 9.78 Å². The number of anilines is 1. The van der Waals surface area contributed by atoms with Gasteiger partial charge in [0.15, 0.2) is 0 Å². The van der Waals surface area contributed by atoms with Crippen molar-refractivity contribution in [2.24, 2.45) is 5.41 Å². The summed E-state index contributed by atoms with van der Waals surface area (Å²) in [5, 5.41) is 11.2. The SMILES string of the molecule is Cc1cccnc1N1CCC2(CCCN(Cc3c(C)noc3C)C2)C1.O=C(O)C(F)(F)F. The Morgan fingerprint density at radius 2 is 1.94 bits per heavy atom. The van der Waals surface area contributed by atoms with Gasteiger partial charge >= 0.3 is 12.1 Å². The van der Waals surface area contributed by atoms with Crippen molar-refractivity contribution in [1.29, 1.82) is 0 Å². The molecule has 0 radical (unpaired) electrons. The van der Waals surface area contributed by atoms with E-state index in [1.165, 1.54) is 49.3 Å². The van der Waals surface area contributed by atoms with Crippen molar-refractivity contribution >= 4 is 11.8 Å². The minimum Gasteiger partial charge on any atom is -0.475 e. The molecule has 4 heterocycles. The highest BCUT2D eigenvalue weighted by atomic mass is 19.4. The molecule has 0 amide bonds. The predicted molar refractivity (Wildman–Crippen MR) is 112 cm³/mol. The first-order valence-corrected chi connectivity index (χ1v) is 10.6. The van der Waals surface area contributed by atoms with Crippen molar-refractivity contribution in [2.75, 3.05) is 31.1 Å². The zero-order valence-corrected chi connectivity index (χ0v) is 18.6. The molecule has 1 unspecified atom stereocenters. The Morgan fingerprint density at radius 3 is 2.53 bits per heavy atom. The van der Waals surface area contributed by atoms with Crippen LogP contribution in [0.1, 0.15) is 41.8 Å². The number of carbonyl (C=O) groups is 1. The van der Waals surface area contributed by atoms with Gasteiger partial charge in [0, 0.05) is 43.4 Å². The van der Waals surface area contributed by atoms with Crippen LogP contribution in [0.15, 0.2) is 22.9 Å². The smallest absolute Gasteiger partial charge is 0.475 e. The summed E-state index contributed by atoms with van der Waals surface area (Å²) in [5.41, 5.74) is 3.99. The minimum absolute atomic E-state index is 0.404. The van der Waals surface area contributed by atoms with E-state index in [0.717, 1.165) is 31.1 Å². The largest absolute Gasteiger partial charge is 0.490 e. The first-order chi connectivity index (χ1) is 15.0. The summed E-state index contributed by atoms with van der Waals surface area (Å²) in [4.78, 5) is 18.6. The van der Waals surface area contributed by atoms with Crippen molar-refractivity contribution in [3.63, 3.8) is 0 Å². The lowest BCUT2D eigenvalue weighted by atomic mass is 9.79. The molecule has 0 aromatic carbocycles. The zero-order valence-electron chi connectivity index (χ0n) is 18.6. The van der Waals surface area contributed by atoms with Crippen LogP contribution in [0.25, 0.3) is 0 Å². The van der Waals surface area contributed by atoms with Crippen molar-refractivity contribution in [3.05, 3.63) is 40.9 Å². The molecule has 2 aliphatic heterocycles. The third kappa shape index (κ3) is 5.59. The second-order valence-electron chi connectivity index (χ2n) is 8.74. The van der Waals surface area contributed by atoms with E-state index < -0.39 is 12.1 Å². The Balaban J connectivity index is 0.000000360. The van der Waals surface area contributed by atoms with E-state index >= 15 is 0 Å². The van der Waals surface area contributed by atoms with Gasteiger partial charge in [0.05, 0.1) is 5.69 Å². The summed E-state index contributed by atoms with van der Waals surface area (Å²) >= 11 is 0. The molecule has 2 saturated heterocycles. The van der Waals surface area contributed by atoms with Crippen LogP contribution in [0.2, 0.25) is 0 Å². The number of nitrogens with zero attached hydrogens (tertiary/aromatic N) is 4. The van der Waals surface area contributed by atoms with Gasteiger partial charge in [0.25, 0.3) is 0 Å². The molecule has 7 nitrogen and oxygen atoms in total. The quantitative estimate of drug-likeness (QED) is 0.747. The van der Waals surface area contributed by atoms with E-state index in [1.807, 2.05) is 26.1 Å². The van der Waals surface area contributed by atoms with Crippen LogP contribution in [-0.2, 0) is 11.3 Å². The first-order valence-electron chi connectivity index (χ1n) is 10.6. The topological polar surface area (TPSA) is 82.7 Å². The summed E-state index contributed by atoms with van der Waals surface area (Å²) in [6, 6.07) is 4.19. The average molecular weight is 454 g/mol. The number of aliphatic carboxylic acids is 1. The maximum Gasteiger partial charge on any atom is 0.490 e. The van der Waals surface area contributed by atoms with E-state index in [1.54, 1.807) is 0 Å². The first kappa shape index (κ1) is 24.0. The fourth-order valence-corrected chi connectivity index (χ4v) is 4.65. The number of hydrogen-bond donors (Lipinski definition) is 1. The molecule has 2 aliphatic rings. The van der Waals surface area contributed by atoms with E-state index in [0.29, 0.717) is 5.41 Å². The number of hydrogen-bond acceptors (Lipinski definition) is 6. The van der Waals surface area contributed by atoms with E-state index in [2.05, 4.69) is 32.9 Å². The second-order valence-corrected chi connectivity index (χ2v) is 8.74. The highest BCUT2D eigenvalue weighted by molar-refractivity contribution is 5.73. The molecule has 1 N–H and O–H groups in total. The molecule has 1 atom stereocenters. The molecule has 0 aliphatic carbocycles. The van der Waals surface area contributed by atoms with E-state index in [9.17, 15) is 13.2 Å². The molecular formula is C22H29F3N4O3.